The van der Waals surface area contributed by atoms with Gasteiger partial charge in [-0.15, -0.1) is 11.8 Å². The molecule has 0 bridgehead atoms. The second-order valence-corrected chi connectivity index (χ2v) is 6.34. The van der Waals surface area contributed by atoms with Crippen LogP contribution in [0.4, 0.5) is 0 Å². The normalized spacial score (nSPS) is 10.4. The third-order valence-electron chi connectivity index (χ3n) is 2.24. The first-order valence-electron chi connectivity index (χ1n) is 5.51. The number of carboxylic acid groups (broad SMARTS) is 1. The average Bonchev–Trinajstić information content (AvgIpc) is 2.40. The van der Waals surface area contributed by atoms with Crippen LogP contribution in [0.1, 0.15) is 0 Å². The number of hydrogen-bond donors (Lipinski definition) is 1. The summed E-state index contributed by atoms with van der Waals surface area (Å²) in [6, 6.07) is 15.5. The summed E-state index contributed by atoms with van der Waals surface area (Å²) in [6.07, 6.45) is 0. The van der Waals surface area contributed by atoms with E-state index in [-0.39, 0.29) is 5.75 Å². The molecular formula is C14H11ClO2S2. The van der Waals surface area contributed by atoms with Gasteiger partial charge < -0.3 is 5.11 Å². The van der Waals surface area contributed by atoms with Crippen molar-refractivity contribution in [3.63, 3.8) is 0 Å². The fraction of sp³-hybridized carbons (Fsp3) is 0.0714. The van der Waals surface area contributed by atoms with Gasteiger partial charge >= 0.3 is 5.97 Å². The van der Waals surface area contributed by atoms with Gasteiger partial charge in [-0.1, -0.05) is 23.4 Å². The standard InChI is InChI=1S/C14H11ClO2S2/c15-10-1-3-12(4-2-10)19-13-7-5-11(6-8-13)18-9-14(16)17/h1-8H,9H2,(H,16,17). The predicted molar refractivity (Wildman–Crippen MR) is 80.4 cm³/mol. The van der Waals surface area contributed by atoms with Gasteiger partial charge in [0.15, 0.2) is 0 Å². The Hall–Kier alpha value is -1.10. The molecule has 2 aromatic carbocycles. The average molecular weight is 311 g/mol. The maximum Gasteiger partial charge on any atom is 0.313 e. The summed E-state index contributed by atoms with van der Waals surface area (Å²) in [5, 5.41) is 9.34. The Balaban J connectivity index is 1.98. The van der Waals surface area contributed by atoms with E-state index in [1.54, 1.807) is 11.8 Å². The molecule has 0 aliphatic rings. The van der Waals surface area contributed by atoms with E-state index in [9.17, 15) is 4.79 Å². The summed E-state index contributed by atoms with van der Waals surface area (Å²) < 4.78 is 0. The first kappa shape index (κ1) is 14.3. The number of carbonyl (C=O) groups is 1. The van der Waals surface area contributed by atoms with Gasteiger partial charge in [-0.25, -0.2) is 0 Å². The van der Waals surface area contributed by atoms with Crippen molar-refractivity contribution in [2.24, 2.45) is 0 Å². The van der Waals surface area contributed by atoms with Gasteiger partial charge in [-0.2, -0.15) is 0 Å². The minimum Gasteiger partial charge on any atom is -0.481 e. The van der Waals surface area contributed by atoms with E-state index in [4.69, 9.17) is 16.7 Å². The maximum atomic E-state index is 10.5. The second kappa shape index (κ2) is 6.89. The van der Waals surface area contributed by atoms with Crippen molar-refractivity contribution in [1.29, 1.82) is 0 Å². The Morgan fingerprint density at radius 2 is 1.42 bits per heavy atom. The topological polar surface area (TPSA) is 37.3 Å². The molecule has 0 heterocycles. The van der Waals surface area contributed by atoms with Crippen molar-refractivity contribution in [2.45, 2.75) is 14.7 Å². The van der Waals surface area contributed by atoms with Gasteiger partial charge in [-0.3, -0.25) is 4.79 Å². The lowest BCUT2D eigenvalue weighted by Crippen LogP contribution is -1.97. The summed E-state index contributed by atoms with van der Waals surface area (Å²) >= 11 is 8.80. The van der Waals surface area contributed by atoms with Crippen molar-refractivity contribution in [3.05, 3.63) is 53.6 Å². The summed E-state index contributed by atoms with van der Waals surface area (Å²) in [5.41, 5.74) is 0. The molecule has 2 nitrogen and oxygen atoms in total. The van der Waals surface area contributed by atoms with E-state index in [1.165, 1.54) is 11.8 Å². The molecule has 5 heteroatoms. The number of thioether (sulfide) groups is 1. The zero-order valence-corrected chi connectivity index (χ0v) is 12.3. The lowest BCUT2D eigenvalue weighted by atomic mass is 10.4. The summed E-state index contributed by atoms with van der Waals surface area (Å²) in [6.45, 7) is 0. The van der Waals surface area contributed by atoms with Crippen LogP contribution in [0.25, 0.3) is 0 Å². The third kappa shape index (κ3) is 4.82. The number of carboxylic acids is 1. The highest BCUT2D eigenvalue weighted by Gasteiger charge is 2.01. The van der Waals surface area contributed by atoms with Gasteiger partial charge in [0.25, 0.3) is 0 Å². The minimum atomic E-state index is -0.801. The van der Waals surface area contributed by atoms with Crippen LogP contribution in [0.3, 0.4) is 0 Å². The molecule has 0 aromatic heterocycles. The van der Waals surface area contributed by atoms with Crippen LogP contribution in [0, 0.1) is 0 Å². The van der Waals surface area contributed by atoms with Crippen LogP contribution < -0.4 is 0 Å². The van der Waals surface area contributed by atoms with Gasteiger partial charge in [0.2, 0.25) is 0 Å². The van der Waals surface area contributed by atoms with Crippen molar-refractivity contribution in [3.8, 4) is 0 Å². The maximum absolute atomic E-state index is 10.5. The van der Waals surface area contributed by atoms with E-state index < -0.39 is 5.97 Å². The Bertz CT molecular complexity index is 553. The third-order valence-corrected chi connectivity index (χ3v) is 4.50. The molecule has 0 fully saturated rings. The molecule has 0 atom stereocenters. The summed E-state index contributed by atoms with van der Waals surface area (Å²) in [4.78, 5) is 13.7. The number of halogens is 1. The molecule has 98 valence electrons. The van der Waals surface area contributed by atoms with E-state index in [0.29, 0.717) is 0 Å². The predicted octanol–water partition coefficient (Wildman–Crippen LogP) is 4.67. The fourth-order valence-corrected chi connectivity index (χ4v) is 2.95. The molecule has 19 heavy (non-hydrogen) atoms. The van der Waals surface area contributed by atoms with Crippen LogP contribution in [-0.2, 0) is 4.79 Å². The monoisotopic (exact) mass is 310 g/mol. The number of benzene rings is 2. The van der Waals surface area contributed by atoms with E-state index in [2.05, 4.69) is 0 Å². The van der Waals surface area contributed by atoms with E-state index in [1.807, 2.05) is 48.5 Å². The van der Waals surface area contributed by atoms with E-state index in [0.717, 1.165) is 19.7 Å². The van der Waals surface area contributed by atoms with E-state index >= 15 is 0 Å². The van der Waals surface area contributed by atoms with Crippen molar-refractivity contribution in [2.75, 3.05) is 5.75 Å². The van der Waals surface area contributed by atoms with Crippen LogP contribution in [0.2, 0.25) is 5.02 Å². The molecule has 0 aliphatic heterocycles. The lowest BCUT2D eigenvalue weighted by molar-refractivity contribution is -0.133. The summed E-state index contributed by atoms with van der Waals surface area (Å²) in [5.74, 6) is -0.714. The van der Waals surface area contributed by atoms with Crippen LogP contribution in [0.5, 0.6) is 0 Å². The lowest BCUT2D eigenvalue weighted by Gasteiger charge is -2.03. The van der Waals surface area contributed by atoms with Crippen molar-refractivity contribution in [1.82, 2.24) is 0 Å². The highest BCUT2D eigenvalue weighted by Crippen LogP contribution is 2.30. The molecule has 2 rings (SSSR count). The molecule has 0 radical (unpaired) electrons. The zero-order chi connectivity index (χ0) is 13.7. The number of rotatable bonds is 5. The molecule has 0 saturated carbocycles. The summed E-state index contributed by atoms with van der Waals surface area (Å²) in [7, 11) is 0. The Morgan fingerprint density at radius 1 is 0.947 bits per heavy atom. The van der Waals surface area contributed by atoms with Gasteiger partial charge in [0.1, 0.15) is 0 Å². The quantitative estimate of drug-likeness (QED) is 0.814. The molecule has 1 N–H and O–H groups in total. The second-order valence-electron chi connectivity index (χ2n) is 3.71. The smallest absolute Gasteiger partial charge is 0.313 e. The van der Waals surface area contributed by atoms with Crippen LogP contribution >= 0.6 is 35.1 Å². The molecular weight excluding hydrogens is 300 g/mol. The molecule has 0 aliphatic carbocycles. The highest BCUT2D eigenvalue weighted by molar-refractivity contribution is 8.00. The molecule has 0 spiro atoms. The Labute approximate surface area is 125 Å². The minimum absolute atomic E-state index is 0.0870. The molecule has 0 amide bonds. The Kier molecular flexibility index (Phi) is 5.19. The fourth-order valence-electron chi connectivity index (χ4n) is 1.39. The van der Waals surface area contributed by atoms with Crippen LogP contribution in [-0.4, -0.2) is 16.8 Å². The zero-order valence-electron chi connectivity index (χ0n) is 9.88. The Morgan fingerprint density at radius 3 is 1.95 bits per heavy atom. The first-order chi connectivity index (χ1) is 9.13. The molecule has 0 unspecified atom stereocenters. The molecule has 0 saturated heterocycles. The number of hydrogen-bond acceptors (Lipinski definition) is 3. The van der Waals surface area contributed by atoms with Crippen molar-refractivity contribution >= 4 is 41.1 Å². The van der Waals surface area contributed by atoms with Gasteiger partial charge in [0, 0.05) is 19.7 Å². The van der Waals surface area contributed by atoms with Crippen molar-refractivity contribution < 1.29 is 9.90 Å². The van der Waals surface area contributed by atoms with Gasteiger partial charge in [0.05, 0.1) is 5.75 Å². The van der Waals surface area contributed by atoms with Crippen LogP contribution in [0.15, 0.2) is 63.2 Å². The molecule has 2 aromatic rings. The first-order valence-corrected chi connectivity index (χ1v) is 7.69. The number of aliphatic carboxylic acids is 1. The van der Waals surface area contributed by atoms with Gasteiger partial charge in [-0.05, 0) is 48.5 Å². The largest absolute Gasteiger partial charge is 0.481 e. The highest BCUT2D eigenvalue weighted by atomic mass is 35.5. The SMILES string of the molecule is O=C(O)CSc1ccc(Sc2ccc(Cl)cc2)cc1.